The predicted molar refractivity (Wildman–Crippen MR) is 63.0 cm³/mol. The van der Waals surface area contributed by atoms with E-state index in [4.69, 9.17) is 4.74 Å². The number of carbonyl (C=O) groups is 1. The van der Waals surface area contributed by atoms with Crippen molar-refractivity contribution in [1.29, 1.82) is 0 Å². The van der Waals surface area contributed by atoms with E-state index in [0.29, 0.717) is 13.2 Å². The van der Waals surface area contributed by atoms with E-state index in [0.717, 1.165) is 29.8 Å². The van der Waals surface area contributed by atoms with Crippen molar-refractivity contribution in [3.63, 3.8) is 0 Å². The van der Waals surface area contributed by atoms with Crippen LogP contribution in [0.3, 0.4) is 0 Å². The summed E-state index contributed by atoms with van der Waals surface area (Å²) in [7, 11) is 0. The number of carbonyl (C=O) groups excluding carboxylic acids is 1. The van der Waals surface area contributed by atoms with Gasteiger partial charge in [0.15, 0.2) is 0 Å². The Bertz CT molecular complexity index is 391. The first-order valence-electron chi connectivity index (χ1n) is 5.61. The number of amides is 2. The first kappa shape index (κ1) is 10.8. The maximum Gasteiger partial charge on any atom is 0.319 e. The van der Waals surface area contributed by atoms with Crippen LogP contribution in [0.2, 0.25) is 0 Å². The van der Waals surface area contributed by atoms with Gasteiger partial charge in [-0.3, -0.25) is 0 Å². The maximum atomic E-state index is 11.5. The molecule has 0 spiro atoms. The number of fused-ring (bicyclic) bond motifs is 1. The fourth-order valence-corrected chi connectivity index (χ4v) is 1.72. The highest BCUT2D eigenvalue weighted by Gasteiger charge is 2.16. The molecular formula is C12H16N2O2. The fraction of sp³-hybridized carbons (Fsp3) is 0.417. The van der Waals surface area contributed by atoms with Crippen molar-refractivity contribution >= 4 is 11.7 Å². The molecule has 0 bridgehead atoms. The average molecular weight is 220 g/mol. The van der Waals surface area contributed by atoms with Gasteiger partial charge >= 0.3 is 6.03 Å². The normalized spacial score (nSPS) is 12.8. The molecule has 1 aliphatic rings. The van der Waals surface area contributed by atoms with E-state index >= 15 is 0 Å². The second-order valence-electron chi connectivity index (χ2n) is 3.77. The lowest BCUT2D eigenvalue weighted by Crippen LogP contribution is -2.29. The van der Waals surface area contributed by atoms with E-state index in [2.05, 4.69) is 10.6 Å². The number of hydrogen-bond acceptors (Lipinski definition) is 2. The van der Waals surface area contributed by atoms with Gasteiger partial charge in [0, 0.05) is 13.0 Å². The summed E-state index contributed by atoms with van der Waals surface area (Å²) in [5.74, 6) is 0.814. The minimum absolute atomic E-state index is 0.175. The first-order chi connectivity index (χ1) is 7.81. The van der Waals surface area contributed by atoms with Crippen molar-refractivity contribution in [3.8, 4) is 5.75 Å². The van der Waals surface area contributed by atoms with Crippen molar-refractivity contribution < 1.29 is 9.53 Å². The van der Waals surface area contributed by atoms with E-state index in [1.165, 1.54) is 0 Å². The van der Waals surface area contributed by atoms with Crippen LogP contribution in [0.1, 0.15) is 18.9 Å². The summed E-state index contributed by atoms with van der Waals surface area (Å²) in [6.07, 6.45) is 1.85. The van der Waals surface area contributed by atoms with Crippen molar-refractivity contribution in [1.82, 2.24) is 5.32 Å². The molecule has 2 amide bonds. The molecule has 4 heteroatoms. The summed E-state index contributed by atoms with van der Waals surface area (Å²) >= 11 is 0. The van der Waals surface area contributed by atoms with Crippen molar-refractivity contribution in [2.75, 3.05) is 18.5 Å². The molecule has 0 fully saturated rings. The van der Waals surface area contributed by atoms with Crippen molar-refractivity contribution in [2.45, 2.75) is 19.8 Å². The number of ether oxygens (including phenoxy) is 1. The van der Waals surface area contributed by atoms with E-state index in [1.807, 2.05) is 25.1 Å². The van der Waals surface area contributed by atoms with Gasteiger partial charge in [-0.15, -0.1) is 0 Å². The fourth-order valence-electron chi connectivity index (χ4n) is 1.72. The molecule has 1 aromatic carbocycles. The minimum Gasteiger partial charge on any atom is -0.491 e. The van der Waals surface area contributed by atoms with Gasteiger partial charge in [-0.05, 0) is 18.1 Å². The molecule has 0 radical (unpaired) electrons. The largest absolute Gasteiger partial charge is 0.491 e. The van der Waals surface area contributed by atoms with Gasteiger partial charge in [-0.2, -0.15) is 0 Å². The van der Waals surface area contributed by atoms with Gasteiger partial charge in [0.1, 0.15) is 5.75 Å². The maximum absolute atomic E-state index is 11.5. The molecule has 1 aromatic rings. The van der Waals surface area contributed by atoms with Crippen LogP contribution in [0.5, 0.6) is 5.75 Å². The summed E-state index contributed by atoms with van der Waals surface area (Å²) in [5, 5.41) is 5.57. The van der Waals surface area contributed by atoms with Gasteiger partial charge < -0.3 is 15.4 Å². The molecule has 1 aliphatic heterocycles. The zero-order valence-corrected chi connectivity index (χ0v) is 9.38. The summed E-state index contributed by atoms with van der Waals surface area (Å²) < 4.78 is 5.49. The molecule has 1 heterocycles. The molecule has 0 aromatic heterocycles. The standard InChI is InChI=1S/C12H16N2O2/c1-2-7-13-12(15)14-10-5-3-4-9-6-8-16-11(9)10/h3-5H,2,6-8H2,1H3,(H2,13,14,15). The van der Waals surface area contributed by atoms with Crippen LogP contribution >= 0.6 is 0 Å². The zero-order chi connectivity index (χ0) is 11.4. The minimum atomic E-state index is -0.175. The topological polar surface area (TPSA) is 50.4 Å². The Labute approximate surface area is 95.0 Å². The second-order valence-corrected chi connectivity index (χ2v) is 3.77. The highest BCUT2D eigenvalue weighted by atomic mass is 16.5. The third kappa shape index (κ3) is 2.27. The van der Waals surface area contributed by atoms with Crippen LogP contribution in [0.25, 0.3) is 0 Å². The monoisotopic (exact) mass is 220 g/mol. The van der Waals surface area contributed by atoms with Crippen LogP contribution in [0.15, 0.2) is 18.2 Å². The number of urea groups is 1. The Kier molecular flexibility index (Phi) is 3.29. The van der Waals surface area contributed by atoms with Gasteiger partial charge in [0.25, 0.3) is 0 Å². The number of anilines is 1. The zero-order valence-electron chi connectivity index (χ0n) is 9.38. The Morgan fingerprint density at radius 3 is 3.19 bits per heavy atom. The summed E-state index contributed by atoms with van der Waals surface area (Å²) in [4.78, 5) is 11.5. The van der Waals surface area contributed by atoms with Crippen LogP contribution in [-0.4, -0.2) is 19.2 Å². The molecule has 16 heavy (non-hydrogen) atoms. The van der Waals surface area contributed by atoms with E-state index < -0.39 is 0 Å². The molecule has 2 N–H and O–H groups in total. The van der Waals surface area contributed by atoms with Gasteiger partial charge in [0.2, 0.25) is 0 Å². The average Bonchev–Trinajstić information content (AvgIpc) is 2.75. The molecule has 2 rings (SSSR count). The van der Waals surface area contributed by atoms with E-state index in [-0.39, 0.29) is 6.03 Å². The van der Waals surface area contributed by atoms with Crippen LogP contribution in [0, 0.1) is 0 Å². The summed E-state index contributed by atoms with van der Waals surface area (Å²) in [6, 6.07) is 5.64. The number of benzene rings is 1. The molecule has 0 atom stereocenters. The molecule has 86 valence electrons. The number of rotatable bonds is 3. The summed E-state index contributed by atoms with van der Waals surface area (Å²) in [6.45, 7) is 3.40. The Balaban J connectivity index is 2.04. The summed E-state index contributed by atoms with van der Waals surface area (Å²) in [5.41, 5.74) is 1.91. The lowest BCUT2D eigenvalue weighted by Gasteiger charge is -2.10. The van der Waals surface area contributed by atoms with Crippen molar-refractivity contribution in [2.24, 2.45) is 0 Å². The highest BCUT2D eigenvalue weighted by molar-refractivity contribution is 5.91. The molecule has 4 nitrogen and oxygen atoms in total. The van der Waals surface area contributed by atoms with Crippen LogP contribution in [-0.2, 0) is 6.42 Å². The van der Waals surface area contributed by atoms with Gasteiger partial charge in [-0.1, -0.05) is 19.1 Å². The Hall–Kier alpha value is -1.71. The SMILES string of the molecule is CCCNC(=O)Nc1cccc2c1OCC2. The number of hydrogen-bond donors (Lipinski definition) is 2. The van der Waals surface area contributed by atoms with Gasteiger partial charge in [0.05, 0.1) is 12.3 Å². The quantitative estimate of drug-likeness (QED) is 0.820. The van der Waals surface area contributed by atoms with E-state index in [9.17, 15) is 4.79 Å². The third-order valence-corrected chi connectivity index (χ3v) is 2.50. The molecule has 0 saturated heterocycles. The van der Waals surface area contributed by atoms with Crippen LogP contribution < -0.4 is 15.4 Å². The third-order valence-electron chi connectivity index (χ3n) is 2.50. The van der Waals surface area contributed by atoms with E-state index in [1.54, 1.807) is 0 Å². The second kappa shape index (κ2) is 4.88. The van der Waals surface area contributed by atoms with Gasteiger partial charge in [-0.25, -0.2) is 4.79 Å². The highest BCUT2D eigenvalue weighted by Crippen LogP contribution is 2.33. The lowest BCUT2D eigenvalue weighted by molar-refractivity contribution is 0.252. The Morgan fingerprint density at radius 1 is 1.50 bits per heavy atom. The molecule has 0 saturated carbocycles. The molecule has 0 aliphatic carbocycles. The molecule has 0 unspecified atom stereocenters. The predicted octanol–water partition coefficient (Wildman–Crippen LogP) is 2.15. The molecular weight excluding hydrogens is 204 g/mol. The van der Waals surface area contributed by atoms with Crippen LogP contribution in [0.4, 0.5) is 10.5 Å². The Morgan fingerprint density at radius 2 is 2.38 bits per heavy atom. The lowest BCUT2D eigenvalue weighted by atomic mass is 10.1. The number of para-hydroxylation sites is 1. The first-order valence-corrected chi connectivity index (χ1v) is 5.61. The van der Waals surface area contributed by atoms with Crippen molar-refractivity contribution in [3.05, 3.63) is 23.8 Å². The smallest absolute Gasteiger partial charge is 0.319 e. The number of nitrogens with one attached hydrogen (secondary N) is 2.